The number of carbonyl (C=O) groups excluding carboxylic acids is 1. The maximum Gasteiger partial charge on any atom is 0.240 e. The third kappa shape index (κ3) is 5.34. The van der Waals surface area contributed by atoms with Crippen LogP contribution in [0.4, 0.5) is 5.69 Å². The summed E-state index contributed by atoms with van der Waals surface area (Å²) in [5.41, 5.74) is 0.372. The van der Waals surface area contributed by atoms with Crippen LogP contribution >= 0.6 is 23.2 Å². The van der Waals surface area contributed by atoms with Crippen LogP contribution in [-0.2, 0) is 14.8 Å². The van der Waals surface area contributed by atoms with Crippen molar-refractivity contribution in [2.75, 3.05) is 19.0 Å². The van der Waals surface area contributed by atoms with Gasteiger partial charge in [-0.2, -0.15) is 0 Å². The summed E-state index contributed by atoms with van der Waals surface area (Å²) in [6.45, 7) is -0.0572. The molecular weight excluding hydrogens is 387 g/mol. The number of amides is 1. The molecule has 25 heavy (non-hydrogen) atoms. The first-order chi connectivity index (χ1) is 11.8. The molecule has 0 fully saturated rings. The van der Waals surface area contributed by atoms with E-state index in [1.165, 1.54) is 19.2 Å². The number of carbonyl (C=O) groups is 1. The molecule has 0 spiro atoms. The van der Waals surface area contributed by atoms with Crippen LogP contribution in [0.5, 0.6) is 5.75 Å². The lowest BCUT2D eigenvalue weighted by atomic mass is 10.3. The van der Waals surface area contributed by atoms with Crippen LogP contribution in [0.25, 0.3) is 0 Å². The van der Waals surface area contributed by atoms with Crippen LogP contribution in [0.1, 0.15) is 6.42 Å². The van der Waals surface area contributed by atoms with E-state index in [1.807, 2.05) is 0 Å². The summed E-state index contributed by atoms with van der Waals surface area (Å²) in [6, 6.07) is 10.8. The minimum atomic E-state index is -3.70. The van der Waals surface area contributed by atoms with E-state index in [0.29, 0.717) is 16.5 Å². The van der Waals surface area contributed by atoms with E-state index in [4.69, 9.17) is 27.9 Å². The SMILES string of the molecule is COc1ccc(S(=O)(=O)NCCC(=O)Nc2cccc(Cl)c2Cl)cc1. The molecule has 2 aromatic rings. The second-order valence-electron chi connectivity index (χ2n) is 4.97. The van der Waals surface area contributed by atoms with E-state index >= 15 is 0 Å². The number of methoxy groups -OCH3 is 1. The summed E-state index contributed by atoms with van der Waals surface area (Å²) in [6.07, 6.45) is -0.0573. The number of hydrogen-bond acceptors (Lipinski definition) is 4. The Bertz CT molecular complexity index is 855. The molecule has 0 aliphatic carbocycles. The van der Waals surface area contributed by atoms with Gasteiger partial charge in [0.2, 0.25) is 15.9 Å². The van der Waals surface area contributed by atoms with Gasteiger partial charge in [0, 0.05) is 13.0 Å². The van der Waals surface area contributed by atoms with Crippen molar-refractivity contribution in [1.82, 2.24) is 4.72 Å². The quantitative estimate of drug-likeness (QED) is 0.743. The molecule has 2 N–H and O–H groups in total. The molecule has 2 rings (SSSR count). The molecule has 1 amide bonds. The molecule has 6 nitrogen and oxygen atoms in total. The molecule has 0 bridgehead atoms. The monoisotopic (exact) mass is 402 g/mol. The predicted molar refractivity (Wildman–Crippen MR) is 97.9 cm³/mol. The standard InChI is InChI=1S/C16H16Cl2N2O4S/c1-24-11-5-7-12(8-6-11)25(22,23)19-10-9-15(21)20-14-4-2-3-13(17)16(14)18/h2-8,19H,9-10H2,1H3,(H,20,21). The fraction of sp³-hybridized carbons (Fsp3) is 0.188. The van der Waals surface area contributed by atoms with E-state index in [-0.39, 0.29) is 28.8 Å². The minimum Gasteiger partial charge on any atom is -0.497 e. The lowest BCUT2D eigenvalue weighted by molar-refractivity contribution is -0.116. The Morgan fingerprint density at radius 2 is 1.80 bits per heavy atom. The molecule has 0 saturated carbocycles. The number of hydrogen-bond donors (Lipinski definition) is 2. The van der Waals surface area contributed by atoms with Crippen LogP contribution in [0.2, 0.25) is 10.0 Å². The Morgan fingerprint density at radius 3 is 2.44 bits per heavy atom. The van der Waals surface area contributed by atoms with Crippen molar-refractivity contribution < 1.29 is 17.9 Å². The molecule has 0 atom stereocenters. The fourth-order valence-electron chi connectivity index (χ4n) is 1.95. The van der Waals surface area contributed by atoms with Crippen LogP contribution < -0.4 is 14.8 Å². The summed E-state index contributed by atoms with van der Waals surface area (Å²) in [7, 11) is -2.21. The van der Waals surface area contributed by atoms with Gasteiger partial charge in [-0.15, -0.1) is 0 Å². The number of rotatable bonds is 7. The molecule has 0 unspecified atom stereocenters. The van der Waals surface area contributed by atoms with Crippen LogP contribution in [0.15, 0.2) is 47.4 Å². The zero-order chi connectivity index (χ0) is 18.4. The zero-order valence-electron chi connectivity index (χ0n) is 13.3. The van der Waals surface area contributed by atoms with Gasteiger partial charge in [-0.25, -0.2) is 13.1 Å². The van der Waals surface area contributed by atoms with Gasteiger partial charge in [0.05, 0.1) is 27.7 Å². The zero-order valence-corrected chi connectivity index (χ0v) is 15.6. The smallest absolute Gasteiger partial charge is 0.240 e. The lowest BCUT2D eigenvalue weighted by Gasteiger charge is -2.09. The molecule has 9 heteroatoms. The van der Waals surface area contributed by atoms with Crippen molar-refractivity contribution in [3.63, 3.8) is 0 Å². The maximum absolute atomic E-state index is 12.1. The van der Waals surface area contributed by atoms with Crippen molar-refractivity contribution in [2.24, 2.45) is 0 Å². The van der Waals surface area contributed by atoms with Gasteiger partial charge in [0.25, 0.3) is 0 Å². The molecule has 2 aromatic carbocycles. The summed E-state index contributed by atoms with van der Waals surface area (Å²) >= 11 is 11.8. The summed E-state index contributed by atoms with van der Waals surface area (Å²) in [5, 5.41) is 3.14. The van der Waals surface area contributed by atoms with E-state index < -0.39 is 10.0 Å². The van der Waals surface area contributed by atoms with Crippen LogP contribution in [-0.4, -0.2) is 28.0 Å². The summed E-state index contributed by atoms with van der Waals surface area (Å²) < 4.78 is 31.6. The van der Waals surface area contributed by atoms with Gasteiger partial charge in [-0.05, 0) is 36.4 Å². The highest BCUT2D eigenvalue weighted by Crippen LogP contribution is 2.29. The Kier molecular flexibility index (Phi) is 6.66. The first kappa shape index (κ1) is 19.5. The van der Waals surface area contributed by atoms with Crippen molar-refractivity contribution in [3.05, 3.63) is 52.5 Å². The highest BCUT2D eigenvalue weighted by Gasteiger charge is 2.15. The molecule has 0 aromatic heterocycles. The summed E-state index contributed by atoms with van der Waals surface area (Å²) in [5.74, 6) is 0.165. The van der Waals surface area contributed by atoms with Gasteiger partial charge in [-0.1, -0.05) is 29.3 Å². The second-order valence-corrected chi connectivity index (χ2v) is 7.52. The Labute approximate surface area is 156 Å². The van der Waals surface area contributed by atoms with E-state index in [9.17, 15) is 13.2 Å². The first-order valence-corrected chi connectivity index (χ1v) is 9.45. The molecule has 0 radical (unpaired) electrons. The minimum absolute atomic E-state index is 0.0572. The fourth-order valence-corrected chi connectivity index (χ4v) is 3.33. The second kappa shape index (κ2) is 8.53. The van der Waals surface area contributed by atoms with E-state index in [1.54, 1.807) is 30.3 Å². The third-order valence-electron chi connectivity index (χ3n) is 3.24. The van der Waals surface area contributed by atoms with Gasteiger partial charge in [0.1, 0.15) is 5.75 Å². The van der Waals surface area contributed by atoms with Crippen molar-refractivity contribution in [3.8, 4) is 5.75 Å². The number of benzene rings is 2. The Hall–Kier alpha value is -1.80. The molecule has 134 valence electrons. The Morgan fingerprint density at radius 1 is 1.12 bits per heavy atom. The van der Waals surface area contributed by atoms with Crippen molar-refractivity contribution in [1.29, 1.82) is 0 Å². The highest BCUT2D eigenvalue weighted by molar-refractivity contribution is 7.89. The number of sulfonamides is 1. The lowest BCUT2D eigenvalue weighted by Crippen LogP contribution is -2.27. The summed E-state index contributed by atoms with van der Waals surface area (Å²) in [4.78, 5) is 12.0. The number of ether oxygens (including phenoxy) is 1. The number of nitrogens with one attached hydrogen (secondary N) is 2. The topological polar surface area (TPSA) is 84.5 Å². The highest BCUT2D eigenvalue weighted by atomic mass is 35.5. The van der Waals surface area contributed by atoms with Gasteiger partial charge >= 0.3 is 0 Å². The number of halogens is 2. The predicted octanol–water partition coefficient (Wildman–Crippen LogP) is 3.31. The van der Waals surface area contributed by atoms with E-state index in [0.717, 1.165) is 0 Å². The third-order valence-corrected chi connectivity index (χ3v) is 5.54. The van der Waals surface area contributed by atoms with Gasteiger partial charge in [0.15, 0.2) is 0 Å². The van der Waals surface area contributed by atoms with Crippen molar-refractivity contribution in [2.45, 2.75) is 11.3 Å². The van der Waals surface area contributed by atoms with Crippen LogP contribution in [0.3, 0.4) is 0 Å². The Balaban J connectivity index is 1.90. The van der Waals surface area contributed by atoms with Gasteiger partial charge in [-0.3, -0.25) is 4.79 Å². The van der Waals surface area contributed by atoms with Gasteiger partial charge < -0.3 is 10.1 Å². The first-order valence-electron chi connectivity index (χ1n) is 7.21. The molecule has 0 heterocycles. The van der Waals surface area contributed by atoms with Crippen LogP contribution in [0, 0.1) is 0 Å². The molecule has 0 aliphatic heterocycles. The average Bonchev–Trinajstić information content (AvgIpc) is 2.59. The van der Waals surface area contributed by atoms with Crippen molar-refractivity contribution >= 4 is 44.8 Å². The average molecular weight is 403 g/mol. The number of anilines is 1. The van der Waals surface area contributed by atoms with E-state index in [2.05, 4.69) is 10.0 Å². The maximum atomic E-state index is 12.1. The largest absolute Gasteiger partial charge is 0.497 e. The molecule has 0 aliphatic rings. The normalized spacial score (nSPS) is 11.2. The molecular formula is C16H16Cl2N2O4S. The molecule has 0 saturated heterocycles.